The normalized spacial score (nSPS) is 10.6. The number of hydrogen-bond donors (Lipinski definition) is 1. The fourth-order valence-electron chi connectivity index (χ4n) is 2.21. The number of rotatable bonds is 2. The third-order valence-corrected chi connectivity index (χ3v) is 3.13. The summed E-state index contributed by atoms with van der Waals surface area (Å²) in [5, 5.41) is 22.6. The highest BCUT2D eigenvalue weighted by molar-refractivity contribution is 5.86. The summed E-state index contributed by atoms with van der Waals surface area (Å²) in [4.78, 5) is 10.6. The molecule has 2 aromatic carbocycles. The van der Waals surface area contributed by atoms with Gasteiger partial charge in [-0.05, 0) is 6.07 Å². The van der Waals surface area contributed by atoms with Gasteiger partial charge >= 0.3 is 5.69 Å². The highest BCUT2D eigenvalue weighted by Gasteiger charge is 2.22. The first-order chi connectivity index (χ1) is 9.66. The second-order valence-electron chi connectivity index (χ2n) is 4.38. The molecule has 0 fully saturated rings. The van der Waals surface area contributed by atoms with Crippen molar-refractivity contribution in [1.29, 1.82) is 0 Å². The molecule has 1 aromatic heterocycles. The van der Waals surface area contributed by atoms with E-state index in [1.54, 1.807) is 35.0 Å². The van der Waals surface area contributed by atoms with Crippen molar-refractivity contribution in [2.45, 2.75) is 0 Å². The quantitative estimate of drug-likeness (QED) is 0.441. The van der Waals surface area contributed by atoms with E-state index < -0.39 is 4.92 Å². The second kappa shape index (κ2) is 4.62. The maximum atomic E-state index is 11.1. The lowest BCUT2D eigenvalue weighted by Gasteiger charge is -2.01. The van der Waals surface area contributed by atoms with Crippen LogP contribution in [-0.4, -0.2) is 10.0 Å². The predicted molar refractivity (Wildman–Crippen MR) is 73.8 cm³/mol. The maximum absolute atomic E-state index is 11.1. The van der Waals surface area contributed by atoms with Crippen LogP contribution in [0.3, 0.4) is 0 Å². The molecule has 0 saturated carbocycles. The predicted octanol–water partition coefficient (Wildman–Crippen LogP) is 2.73. The molecule has 3 rings (SSSR count). The van der Waals surface area contributed by atoms with Crippen LogP contribution >= 0.6 is 0 Å². The van der Waals surface area contributed by atoms with Crippen molar-refractivity contribution in [3.63, 3.8) is 0 Å². The lowest BCUT2D eigenvalue weighted by Crippen LogP contribution is -2.30. The molecule has 0 unspecified atom stereocenters. The topological polar surface area (TPSA) is 67.2 Å². The van der Waals surface area contributed by atoms with Gasteiger partial charge in [-0.2, -0.15) is 4.57 Å². The fraction of sp³-hybridized carbons (Fsp3) is 0. The molecule has 0 aliphatic rings. The average Bonchev–Trinajstić information content (AvgIpc) is 2.47. The van der Waals surface area contributed by atoms with Crippen LogP contribution in [-0.2, 0) is 0 Å². The Morgan fingerprint density at radius 3 is 2.50 bits per heavy atom. The third kappa shape index (κ3) is 1.95. The summed E-state index contributed by atoms with van der Waals surface area (Å²) in [6.45, 7) is 0. The van der Waals surface area contributed by atoms with Gasteiger partial charge in [0.15, 0.2) is 11.9 Å². The monoisotopic (exact) mass is 267 g/mol. The van der Waals surface area contributed by atoms with Crippen molar-refractivity contribution in [2.75, 3.05) is 0 Å². The minimum atomic E-state index is -0.436. The van der Waals surface area contributed by atoms with Crippen molar-refractivity contribution in [3.8, 4) is 11.4 Å². The molecule has 1 heterocycles. The number of benzene rings is 2. The molecule has 0 amide bonds. The average molecular weight is 267 g/mol. The minimum Gasteiger partial charge on any atom is -0.502 e. The van der Waals surface area contributed by atoms with E-state index >= 15 is 0 Å². The Kier molecular flexibility index (Phi) is 2.80. The van der Waals surface area contributed by atoms with E-state index in [1.807, 2.05) is 18.2 Å². The molecule has 0 bridgehead atoms. The van der Waals surface area contributed by atoms with Crippen LogP contribution in [0.2, 0.25) is 0 Å². The van der Waals surface area contributed by atoms with Crippen molar-refractivity contribution in [1.82, 2.24) is 0 Å². The van der Waals surface area contributed by atoms with E-state index in [4.69, 9.17) is 0 Å². The van der Waals surface area contributed by atoms with Crippen LogP contribution in [0, 0.1) is 10.1 Å². The number of para-hydroxylation sites is 2. The maximum Gasteiger partial charge on any atom is 0.340 e. The third-order valence-electron chi connectivity index (χ3n) is 3.13. The SMILES string of the molecule is O=[N+]([O-])c1ccccc1-[n+]1cc(O)c2ccccc2c1. The van der Waals surface area contributed by atoms with Crippen LogP contribution in [0.4, 0.5) is 5.69 Å². The molecule has 98 valence electrons. The van der Waals surface area contributed by atoms with Gasteiger partial charge in [0.05, 0.1) is 4.92 Å². The number of nitro groups is 1. The number of aromatic nitrogens is 1. The zero-order valence-corrected chi connectivity index (χ0v) is 10.4. The Hall–Kier alpha value is -2.95. The van der Waals surface area contributed by atoms with Crippen molar-refractivity contribution >= 4 is 16.5 Å². The van der Waals surface area contributed by atoms with Crippen LogP contribution in [0.5, 0.6) is 5.75 Å². The van der Waals surface area contributed by atoms with Crippen molar-refractivity contribution in [2.24, 2.45) is 0 Å². The molecule has 3 aromatic rings. The molecule has 0 radical (unpaired) electrons. The number of fused-ring (bicyclic) bond motifs is 1. The van der Waals surface area contributed by atoms with E-state index in [0.29, 0.717) is 11.1 Å². The lowest BCUT2D eigenvalue weighted by atomic mass is 10.1. The second-order valence-corrected chi connectivity index (χ2v) is 4.38. The van der Waals surface area contributed by atoms with Gasteiger partial charge in [0.2, 0.25) is 6.20 Å². The molecule has 0 saturated heterocycles. The highest BCUT2D eigenvalue weighted by atomic mass is 16.6. The lowest BCUT2D eigenvalue weighted by molar-refractivity contribution is -0.599. The number of aromatic hydroxyl groups is 1. The zero-order chi connectivity index (χ0) is 14.1. The molecule has 5 nitrogen and oxygen atoms in total. The number of nitrogens with zero attached hydrogens (tertiary/aromatic N) is 2. The van der Waals surface area contributed by atoms with E-state index in [2.05, 4.69) is 0 Å². The Bertz CT molecular complexity index is 815. The summed E-state index contributed by atoms with van der Waals surface area (Å²) < 4.78 is 1.57. The zero-order valence-electron chi connectivity index (χ0n) is 10.4. The molecule has 5 heteroatoms. The summed E-state index contributed by atoms with van der Waals surface area (Å²) in [5.41, 5.74) is 0.408. The molecule has 0 aliphatic carbocycles. The molecular formula is C15H11N2O3+. The van der Waals surface area contributed by atoms with E-state index in [0.717, 1.165) is 5.39 Å². The van der Waals surface area contributed by atoms with Crippen LogP contribution in [0.1, 0.15) is 0 Å². The Balaban J connectivity index is 2.28. The fourth-order valence-corrected chi connectivity index (χ4v) is 2.21. The Morgan fingerprint density at radius 1 is 1.00 bits per heavy atom. The van der Waals surface area contributed by atoms with Gasteiger partial charge in [-0.1, -0.05) is 30.3 Å². The van der Waals surface area contributed by atoms with Crippen LogP contribution in [0.15, 0.2) is 60.9 Å². The van der Waals surface area contributed by atoms with Gasteiger partial charge in [0, 0.05) is 22.9 Å². The summed E-state index contributed by atoms with van der Waals surface area (Å²) >= 11 is 0. The molecular weight excluding hydrogens is 256 g/mol. The molecule has 0 aliphatic heterocycles. The largest absolute Gasteiger partial charge is 0.502 e. The van der Waals surface area contributed by atoms with E-state index in [1.165, 1.54) is 12.3 Å². The summed E-state index contributed by atoms with van der Waals surface area (Å²) in [6, 6.07) is 13.8. The number of hydrogen-bond acceptors (Lipinski definition) is 3. The first-order valence-corrected chi connectivity index (χ1v) is 6.03. The standard InChI is InChI=1S/C15H10N2O3/c18-15-10-16(9-11-5-1-2-6-12(11)15)13-7-3-4-8-14(13)17(19)20/h1-10H/p+1. The van der Waals surface area contributed by atoms with Gasteiger partial charge in [0.25, 0.3) is 5.69 Å². The smallest absolute Gasteiger partial charge is 0.340 e. The van der Waals surface area contributed by atoms with Crippen molar-refractivity contribution < 1.29 is 14.6 Å². The highest BCUT2D eigenvalue weighted by Crippen LogP contribution is 2.24. The number of pyridine rings is 1. The van der Waals surface area contributed by atoms with Gasteiger partial charge in [0.1, 0.15) is 0 Å². The first-order valence-electron chi connectivity index (χ1n) is 6.03. The molecule has 20 heavy (non-hydrogen) atoms. The van der Waals surface area contributed by atoms with E-state index in [9.17, 15) is 15.2 Å². The minimum absolute atomic E-state index is 0.00724. The van der Waals surface area contributed by atoms with Crippen LogP contribution in [0.25, 0.3) is 16.5 Å². The Labute approximate surface area is 114 Å². The number of nitro benzene ring substituents is 1. The molecule has 0 atom stereocenters. The van der Waals surface area contributed by atoms with Gasteiger partial charge in [-0.15, -0.1) is 0 Å². The van der Waals surface area contributed by atoms with Gasteiger partial charge in [-0.25, -0.2) is 0 Å². The molecule has 1 N–H and O–H groups in total. The summed E-state index contributed by atoms with van der Waals surface area (Å²) in [7, 11) is 0. The van der Waals surface area contributed by atoms with Gasteiger partial charge < -0.3 is 5.11 Å². The molecule has 0 spiro atoms. The Morgan fingerprint density at radius 2 is 1.70 bits per heavy atom. The van der Waals surface area contributed by atoms with Crippen LogP contribution < -0.4 is 4.57 Å². The van der Waals surface area contributed by atoms with Crippen molar-refractivity contribution in [3.05, 3.63) is 71.0 Å². The summed E-state index contributed by atoms with van der Waals surface area (Å²) in [5.74, 6) is 0.0845. The van der Waals surface area contributed by atoms with E-state index in [-0.39, 0.29) is 11.4 Å². The first kappa shape index (κ1) is 12.1. The summed E-state index contributed by atoms with van der Waals surface area (Å²) in [6.07, 6.45) is 3.24. The van der Waals surface area contributed by atoms with Gasteiger partial charge in [-0.3, -0.25) is 10.1 Å².